The summed E-state index contributed by atoms with van der Waals surface area (Å²) in [6.45, 7) is 9.65. The Balaban J connectivity index is 3.20. The van der Waals surface area contributed by atoms with E-state index in [-0.39, 0.29) is 11.9 Å². The molecule has 2 atom stereocenters. The van der Waals surface area contributed by atoms with Crippen LogP contribution in [0.25, 0.3) is 0 Å². The highest BCUT2D eigenvalue weighted by molar-refractivity contribution is 9.10. The number of hydrogen-bond acceptors (Lipinski definition) is 2. The lowest BCUT2D eigenvalue weighted by Crippen LogP contribution is -2.44. The third-order valence-corrected chi connectivity index (χ3v) is 4.29. The van der Waals surface area contributed by atoms with Gasteiger partial charge in [-0.1, -0.05) is 26.0 Å². The number of benzene rings is 1. The Morgan fingerprint density at radius 2 is 2.05 bits per heavy atom. The predicted molar refractivity (Wildman–Crippen MR) is 85.5 cm³/mol. The Kier molecular flexibility index (Phi) is 7.13. The van der Waals surface area contributed by atoms with Crippen molar-refractivity contribution in [2.75, 3.05) is 13.2 Å². The maximum absolute atomic E-state index is 14.4. The fourth-order valence-electron chi connectivity index (χ4n) is 2.41. The first-order valence-corrected chi connectivity index (χ1v) is 8.10. The summed E-state index contributed by atoms with van der Waals surface area (Å²) in [5.74, 6) is -0.208. The molecule has 2 nitrogen and oxygen atoms in total. The first-order valence-electron chi connectivity index (χ1n) is 7.31. The number of nitrogens with one attached hydrogen (secondary N) is 1. The summed E-state index contributed by atoms with van der Waals surface area (Å²) in [6.07, 6.45) is 1.81. The van der Waals surface area contributed by atoms with Gasteiger partial charge in [-0.3, -0.25) is 0 Å². The second-order valence-corrected chi connectivity index (χ2v) is 5.98. The Morgan fingerprint density at radius 1 is 1.35 bits per heavy atom. The van der Waals surface area contributed by atoms with Crippen LogP contribution in [-0.2, 0) is 4.74 Å². The van der Waals surface area contributed by atoms with Gasteiger partial charge in [-0.2, -0.15) is 0 Å². The van der Waals surface area contributed by atoms with E-state index < -0.39 is 5.60 Å². The molecule has 0 bridgehead atoms. The normalized spacial score (nSPS) is 15.9. The van der Waals surface area contributed by atoms with Gasteiger partial charge < -0.3 is 10.1 Å². The van der Waals surface area contributed by atoms with Crippen molar-refractivity contribution in [2.45, 2.75) is 52.2 Å². The van der Waals surface area contributed by atoms with E-state index in [1.165, 1.54) is 0 Å². The van der Waals surface area contributed by atoms with E-state index in [0.717, 1.165) is 19.4 Å². The summed E-state index contributed by atoms with van der Waals surface area (Å²) in [5, 5.41) is 3.44. The van der Waals surface area contributed by atoms with Crippen LogP contribution < -0.4 is 5.32 Å². The summed E-state index contributed by atoms with van der Waals surface area (Å²) in [5.41, 5.74) is 0.233. The smallest absolute Gasteiger partial charge is 0.142 e. The van der Waals surface area contributed by atoms with Crippen LogP contribution in [0.1, 0.15) is 52.1 Å². The van der Waals surface area contributed by atoms with Gasteiger partial charge in [-0.25, -0.2) is 4.39 Å². The van der Waals surface area contributed by atoms with Crippen molar-refractivity contribution >= 4 is 15.9 Å². The first-order chi connectivity index (χ1) is 9.50. The molecular formula is C16H25BrFNO. The highest BCUT2D eigenvalue weighted by Crippen LogP contribution is 2.35. The van der Waals surface area contributed by atoms with Crippen molar-refractivity contribution in [3.63, 3.8) is 0 Å². The maximum atomic E-state index is 14.4. The van der Waals surface area contributed by atoms with Gasteiger partial charge in [-0.15, -0.1) is 0 Å². The van der Waals surface area contributed by atoms with Crippen LogP contribution in [0.3, 0.4) is 0 Å². The van der Waals surface area contributed by atoms with E-state index in [4.69, 9.17) is 4.74 Å². The van der Waals surface area contributed by atoms with Crippen LogP contribution in [0, 0.1) is 5.82 Å². The van der Waals surface area contributed by atoms with E-state index in [1.807, 2.05) is 26.0 Å². The summed E-state index contributed by atoms with van der Waals surface area (Å²) in [7, 11) is 0. The Hall–Kier alpha value is -0.450. The molecule has 2 unspecified atom stereocenters. The molecule has 0 aliphatic carbocycles. The van der Waals surface area contributed by atoms with E-state index in [2.05, 4.69) is 35.1 Å². The maximum Gasteiger partial charge on any atom is 0.142 e. The largest absolute Gasteiger partial charge is 0.374 e. The number of halogens is 2. The summed E-state index contributed by atoms with van der Waals surface area (Å²) in [4.78, 5) is 0. The molecule has 1 N–H and O–H groups in total. The molecule has 1 aromatic rings. The Labute approximate surface area is 130 Å². The zero-order chi connectivity index (χ0) is 15.2. The van der Waals surface area contributed by atoms with Crippen LogP contribution >= 0.6 is 15.9 Å². The lowest BCUT2D eigenvalue weighted by Gasteiger charge is -2.38. The molecule has 0 aromatic heterocycles. The average molecular weight is 346 g/mol. The summed E-state index contributed by atoms with van der Waals surface area (Å²) in [6, 6.07) is 5.26. The minimum atomic E-state index is -0.425. The number of ether oxygens (including phenoxy) is 1. The monoisotopic (exact) mass is 345 g/mol. The zero-order valence-corrected chi connectivity index (χ0v) is 14.4. The molecule has 0 amide bonds. The molecule has 4 heteroatoms. The van der Waals surface area contributed by atoms with E-state index in [1.54, 1.807) is 6.07 Å². The Bertz CT molecular complexity index is 427. The van der Waals surface area contributed by atoms with Gasteiger partial charge in [0, 0.05) is 12.2 Å². The van der Waals surface area contributed by atoms with Crippen molar-refractivity contribution < 1.29 is 9.13 Å². The van der Waals surface area contributed by atoms with Gasteiger partial charge in [0.25, 0.3) is 0 Å². The van der Waals surface area contributed by atoms with Gasteiger partial charge in [0.1, 0.15) is 5.82 Å². The van der Waals surface area contributed by atoms with Crippen molar-refractivity contribution in [3.05, 3.63) is 34.1 Å². The second-order valence-electron chi connectivity index (χ2n) is 5.13. The highest BCUT2D eigenvalue weighted by atomic mass is 79.9. The van der Waals surface area contributed by atoms with Crippen LogP contribution in [0.2, 0.25) is 0 Å². The van der Waals surface area contributed by atoms with E-state index in [9.17, 15) is 4.39 Å². The molecule has 1 aromatic carbocycles. The Morgan fingerprint density at radius 3 is 2.60 bits per heavy atom. The van der Waals surface area contributed by atoms with Crippen molar-refractivity contribution in [2.24, 2.45) is 0 Å². The molecule has 0 aliphatic rings. The van der Waals surface area contributed by atoms with Crippen LogP contribution in [0.15, 0.2) is 22.7 Å². The summed E-state index contributed by atoms with van der Waals surface area (Å²) < 4.78 is 20.9. The van der Waals surface area contributed by atoms with Crippen molar-refractivity contribution in [3.8, 4) is 0 Å². The lowest BCUT2D eigenvalue weighted by molar-refractivity contribution is -0.0570. The molecule has 0 saturated heterocycles. The standard InChI is InChI=1S/C16H25BrFNO/c1-5-11-19-15(16(4,6-2)20-7-3)12-9-8-10-13(17)14(12)18/h8-10,15,19H,5-7,11H2,1-4H3. The number of hydrogen-bond donors (Lipinski definition) is 1. The minimum absolute atomic E-state index is 0.162. The zero-order valence-electron chi connectivity index (χ0n) is 12.8. The number of rotatable bonds is 8. The third-order valence-electron chi connectivity index (χ3n) is 3.68. The molecule has 0 fully saturated rings. The first kappa shape index (κ1) is 17.6. The second kappa shape index (κ2) is 8.11. The molecule has 0 spiro atoms. The third kappa shape index (κ3) is 4.03. The van der Waals surface area contributed by atoms with Crippen LogP contribution in [-0.4, -0.2) is 18.8 Å². The van der Waals surface area contributed by atoms with Crippen LogP contribution in [0.5, 0.6) is 0 Å². The fraction of sp³-hybridized carbons (Fsp3) is 0.625. The van der Waals surface area contributed by atoms with Gasteiger partial charge in [0.15, 0.2) is 0 Å². The van der Waals surface area contributed by atoms with E-state index in [0.29, 0.717) is 16.6 Å². The average Bonchev–Trinajstić information content (AvgIpc) is 2.44. The lowest BCUT2D eigenvalue weighted by atomic mass is 9.87. The molecule has 0 saturated carbocycles. The molecule has 0 heterocycles. The van der Waals surface area contributed by atoms with Gasteiger partial charge >= 0.3 is 0 Å². The van der Waals surface area contributed by atoms with Gasteiger partial charge in [0.05, 0.1) is 16.1 Å². The minimum Gasteiger partial charge on any atom is -0.374 e. The molecule has 0 aliphatic heterocycles. The molecule has 20 heavy (non-hydrogen) atoms. The SMILES string of the molecule is CCCNC(c1cccc(Br)c1F)C(C)(CC)OCC. The molecule has 114 valence electrons. The molecular weight excluding hydrogens is 321 g/mol. The topological polar surface area (TPSA) is 21.3 Å². The summed E-state index contributed by atoms with van der Waals surface area (Å²) >= 11 is 3.27. The fourth-order valence-corrected chi connectivity index (χ4v) is 2.79. The van der Waals surface area contributed by atoms with Crippen molar-refractivity contribution in [1.29, 1.82) is 0 Å². The van der Waals surface area contributed by atoms with Gasteiger partial charge in [-0.05, 0) is 55.2 Å². The quantitative estimate of drug-likeness (QED) is 0.728. The van der Waals surface area contributed by atoms with Gasteiger partial charge in [0.2, 0.25) is 0 Å². The van der Waals surface area contributed by atoms with Crippen molar-refractivity contribution in [1.82, 2.24) is 5.32 Å². The van der Waals surface area contributed by atoms with E-state index >= 15 is 0 Å². The molecule has 0 radical (unpaired) electrons. The molecule has 1 rings (SSSR count). The van der Waals surface area contributed by atoms with Crippen LogP contribution in [0.4, 0.5) is 4.39 Å². The predicted octanol–water partition coefficient (Wildman–Crippen LogP) is 4.83. The highest BCUT2D eigenvalue weighted by Gasteiger charge is 2.36.